The second kappa shape index (κ2) is 156. The van der Waals surface area contributed by atoms with E-state index in [1.165, 1.54) is 77.1 Å². The second-order valence-corrected chi connectivity index (χ2v) is 27.6. The molecule has 0 aliphatic carbocycles. The van der Waals surface area contributed by atoms with Crippen LogP contribution in [-0.4, -0.2) is 261 Å². The smallest absolute Gasteiger partial charge is 0.408 e. The number of Topliss-reactive ketones (excluding diaryl/α,β-unsaturated/α-hetero) is 1. The first-order valence-electron chi connectivity index (χ1n) is 30.0. The summed E-state index contributed by atoms with van der Waals surface area (Å²) in [5.41, 5.74) is 2.76. The van der Waals surface area contributed by atoms with Gasteiger partial charge in [-0.15, -0.1) is 0 Å². The van der Waals surface area contributed by atoms with E-state index >= 15 is 0 Å². The van der Waals surface area contributed by atoms with E-state index in [0.717, 1.165) is 29.8 Å². The third-order valence-corrected chi connectivity index (χ3v) is 12.7. The van der Waals surface area contributed by atoms with Crippen molar-refractivity contribution in [1.82, 2.24) is 34.3 Å². The van der Waals surface area contributed by atoms with Crippen LogP contribution in [0.5, 0.6) is 0 Å². The van der Waals surface area contributed by atoms with Crippen molar-refractivity contribution in [3.63, 3.8) is 0 Å². The normalized spacial score (nSPS) is 8.32. The Morgan fingerprint density at radius 1 is 0.553 bits per heavy atom. The molecule has 0 rings (SSSR count). The second-order valence-electron chi connectivity index (χ2n) is 21.7. The SMILES string of the molecule is C.C.C.C.C.C.C.C.C.C.C.C.C.C.CC(=O)C(C)C.CC(=O)N(C)C.CC(=O)N(C)C.CC(=O)N(C)C.CC(=S)N(C)C.CC(C#N)N(C)C.CC(C)C(C)O.CC=C(C)C.CC=C(C)C.CCC(C)C.CCN(C)C.CCOC.CCS(C)(=O)=O.CCS(C)=O.CCSC.COC(=O)N(C)C. The van der Waals surface area contributed by atoms with Gasteiger partial charge in [-0.3, -0.25) is 28.3 Å². The average molecular weight is 1590 g/mol. The van der Waals surface area contributed by atoms with Crippen LogP contribution in [0.2, 0.25) is 0 Å². The van der Waals surface area contributed by atoms with Gasteiger partial charge in [-0.25, -0.2) is 13.2 Å². The van der Waals surface area contributed by atoms with E-state index in [1.54, 1.807) is 90.5 Å². The zero-order valence-electron chi connectivity index (χ0n) is 66.5. The lowest BCUT2D eigenvalue weighted by atomic mass is 10.1. The van der Waals surface area contributed by atoms with Crippen molar-refractivity contribution < 1.29 is 51.2 Å². The maximum atomic E-state index is 10.2. The summed E-state index contributed by atoms with van der Waals surface area (Å²) in [5.74, 6) is 4.30. The number of thiocarbonyl (C=S) groups is 1. The molecule has 103 heavy (non-hydrogen) atoms. The Bertz CT molecular complexity index is 1590. The van der Waals surface area contributed by atoms with Gasteiger partial charge in [-0.1, -0.05) is 222 Å². The molecule has 23 heteroatoms. The lowest BCUT2D eigenvalue weighted by Crippen LogP contribution is -2.22. The molecule has 0 aliphatic rings. The van der Waals surface area contributed by atoms with E-state index in [9.17, 15) is 36.6 Å². The summed E-state index contributed by atoms with van der Waals surface area (Å²) in [6.45, 7) is 50.3. The summed E-state index contributed by atoms with van der Waals surface area (Å²) in [5, 5.41) is 16.8. The molecule has 0 aliphatic heterocycles. The molecule has 19 nitrogen and oxygen atoms in total. The minimum atomic E-state index is -2.66. The maximum absolute atomic E-state index is 10.2. The van der Waals surface area contributed by atoms with Gasteiger partial charge in [-0.05, 0) is 135 Å². The molecular weight excluding hydrogens is 1380 g/mol. The summed E-state index contributed by atoms with van der Waals surface area (Å²) in [7, 11) is 25.1. The third-order valence-electron chi connectivity index (χ3n) is 9.91. The molecule has 1 N–H and O–H groups in total. The Balaban J connectivity index is -0.0000000196. The lowest BCUT2D eigenvalue weighted by Gasteiger charge is -2.09. The summed E-state index contributed by atoms with van der Waals surface area (Å²) in [6, 6.07) is 2.13. The molecule has 0 saturated heterocycles. The molecule has 4 amide bonds. The molecule has 0 spiro atoms. The molecule has 0 fully saturated rings. The number of ketones is 1. The number of sulfone groups is 1. The number of hydrogen-bond donors (Lipinski definition) is 1. The minimum Gasteiger partial charge on any atom is -0.453 e. The number of carbonyl (C=O) groups excluding carboxylic acids is 5. The third kappa shape index (κ3) is 407. The monoisotopic (exact) mass is 1590 g/mol. The highest BCUT2D eigenvalue weighted by Gasteiger charge is 1.99. The van der Waals surface area contributed by atoms with Crippen molar-refractivity contribution in [2.24, 2.45) is 17.8 Å². The molecule has 0 aromatic carbocycles. The Morgan fingerprint density at radius 2 is 0.718 bits per heavy atom. The predicted octanol–water partition coefficient (Wildman–Crippen LogP) is 22.1. The van der Waals surface area contributed by atoms with Gasteiger partial charge >= 0.3 is 6.09 Å². The van der Waals surface area contributed by atoms with Crippen molar-refractivity contribution in [1.29, 1.82) is 5.26 Å². The fourth-order valence-electron chi connectivity index (χ4n) is 0.298. The van der Waals surface area contributed by atoms with Gasteiger partial charge in [0.05, 0.1) is 30.3 Å². The summed E-state index contributed by atoms with van der Waals surface area (Å²) < 4.78 is 38.8. The maximum Gasteiger partial charge on any atom is 0.408 e. The topological polar surface area (TPSA) is 222 Å². The molecule has 658 valence electrons. The molecule has 0 radical (unpaired) electrons. The Hall–Kier alpha value is -3.50. The number of thioether (sulfide) groups is 1. The van der Waals surface area contributed by atoms with Crippen LogP contribution in [0.4, 0.5) is 4.79 Å². The number of methoxy groups -OCH3 is 2. The fourth-order valence-corrected chi connectivity index (χ4v) is 0.298. The van der Waals surface area contributed by atoms with Crippen LogP contribution < -0.4 is 0 Å². The number of aliphatic hydroxyl groups excluding tert-OH is 1. The number of aliphatic hydroxyl groups is 1. The standard InChI is InChI=1S/C5H10N2.C5H12O.C5H10O.C5H12.2C5H10.C4H9NO2.3C4H9NO.C4H9NS.C4H11N.C3H8O2S.C3H8OS.C3H8O.C3H8S.14CH4/c1-5(4-6)7(2)3;2*1-4(2)5(3)6;3*1-4-5(2)3;1-5(2)4(6)7-3;4*1-4(6)5(2)3;1-4-5(2)3;1-3-6(2,4)5;1-3-5(2)4;2*1-3-4-2;;;;;;;;;;;;;;/h5H,1-3H3;4-6H,1-3H3;4H,1-3H3;5H,4H2,1-3H3;2*4H,1-3H3;1-3H3;4*1-3H3;4H2,1-3H3;3H2,1-2H3;3H2,1-2H3;2*3H2,1-2H3;14*1H4. The van der Waals surface area contributed by atoms with E-state index in [-0.39, 0.29) is 157 Å². The fraction of sp³-hybridized carbons (Fsp3) is 0.863. The molecule has 0 aromatic rings. The molecule has 0 saturated carbocycles. The van der Waals surface area contributed by atoms with Crippen molar-refractivity contribution in [2.75, 3.05) is 162 Å². The Labute approximate surface area is 670 Å². The summed E-state index contributed by atoms with van der Waals surface area (Å²) >= 11 is 6.60. The quantitative estimate of drug-likeness (QED) is 0.167. The number of carbonyl (C=O) groups is 5. The largest absolute Gasteiger partial charge is 0.453 e. The van der Waals surface area contributed by atoms with E-state index in [2.05, 4.69) is 115 Å². The van der Waals surface area contributed by atoms with E-state index in [1.807, 2.05) is 119 Å². The number of ether oxygens (including phenoxy) is 2. The van der Waals surface area contributed by atoms with Gasteiger partial charge in [-0.2, -0.15) is 17.0 Å². The Kier molecular flexibility index (Phi) is 303. The van der Waals surface area contributed by atoms with E-state index in [4.69, 9.17) is 22.6 Å². The molecule has 3 unspecified atom stereocenters. The number of rotatable bonds is 9. The lowest BCUT2D eigenvalue weighted by molar-refractivity contribution is -0.127. The van der Waals surface area contributed by atoms with Crippen molar-refractivity contribution in [3.8, 4) is 6.07 Å². The molecule has 3 atom stereocenters. The van der Waals surface area contributed by atoms with Crippen LogP contribution in [-0.2, 0) is 49.3 Å². The molecule has 0 aromatic heterocycles. The van der Waals surface area contributed by atoms with Crippen molar-refractivity contribution in [3.05, 3.63) is 23.3 Å². The van der Waals surface area contributed by atoms with Crippen LogP contribution in [0.15, 0.2) is 23.3 Å². The number of allylic oxidation sites excluding steroid dienone is 4. The van der Waals surface area contributed by atoms with Crippen LogP contribution >= 0.6 is 24.0 Å². The summed E-state index contributed by atoms with van der Waals surface area (Å²) in [4.78, 5) is 63.3. The first kappa shape index (κ1) is 200. The molecule has 0 heterocycles. The highest BCUT2D eigenvalue weighted by atomic mass is 32.2. The van der Waals surface area contributed by atoms with Gasteiger partial charge < -0.3 is 44.0 Å². The molecular formula is C80H208N8O11S4. The van der Waals surface area contributed by atoms with Crippen LogP contribution in [0.3, 0.4) is 0 Å². The minimum absolute atomic E-state index is 0. The van der Waals surface area contributed by atoms with Crippen molar-refractivity contribution in [2.45, 2.75) is 296 Å². The van der Waals surface area contributed by atoms with Crippen LogP contribution in [0, 0.1) is 29.1 Å². The first-order chi connectivity index (χ1) is 40.0. The average Bonchev–Trinajstić information content (AvgIpc) is 3.44. The van der Waals surface area contributed by atoms with E-state index in [0.29, 0.717) is 5.92 Å². The number of nitrogens with zero attached hydrogens (tertiary/aromatic N) is 8. The van der Waals surface area contributed by atoms with Gasteiger partial charge in [0.15, 0.2) is 0 Å². The highest BCUT2D eigenvalue weighted by molar-refractivity contribution is 7.98. The highest BCUT2D eigenvalue weighted by Crippen LogP contribution is 1.97. The Morgan fingerprint density at radius 3 is 0.718 bits per heavy atom. The molecule has 0 bridgehead atoms. The number of amides is 4. The van der Waals surface area contributed by atoms with Gasteiger partial charge in [0, 0.05) is 146 Å². The summed E-state index contributed by atoms with van der Waals surface area (Å²) in [6.07, 6.45) is 10.0. The van der Waals surface area contributed by atoms with Crippen molar-refractivity contribution >= 4 is 79.2 Å². The van der Waals surface area contributed by atoms with E-state index < -0.39 is 20.6 Å². The zero-order valence-corrected chi connectivity index (χ0v) is 69.8. The van der Waals surface area contributed by atoms with Gasteiger partial charge in [0.1, 0.15) is 15.6 Å². The van der Waals surface area contributed by atoms with Crippen LogP contribution in [0.25, 0.3) is 0 Å². The zero-order chi connectivity index (χ0) is 76.1. The first-order valence-corrected chi connectivity index (χ1v) is 35.6. The van der Waals surface area contributed by atoms with Gasteiger partial charge in [0.2, 0.25) is 17.7 Å². The number of nitriles is 1. The van der Waals surface area contributed by atoms with Crippen LogP contribution in [0.1, 0.15) is 283 Å². The van der Waals surface area contributed by atoms with Gasteiger partial charge in [0.25, 0.3) is 0 Å². The number of hydrogen-bond acceptors (Lipinski definition) is 16. The predicted molar refractivity (Wildman–Crippen MR) is 497 cm³/mol.